The molecule has 4 nitrogen and oxygen atoms in total. The Morgan fingerprint density at radius 1 is 0.900 bits per heavy atom. The van der Waals surface area contributed by atoms with E-state index in [-0.39, 0.29) is 5.75 Å². The molecule has 0 amide bonds. The molecule has 20 heavy (non-hydrogen) atoms. The van der Waals surface area contributed by atoms with Gasteiger partial charge in [0.15, 0.2) is 0 Å². The number of phenolic OH excluding ortho intramolecular Hbond substituents is 1. The third-order valence-electron chi connectivity index (χ3n) is 2.73. The van der Waals surface area contributed by atoms with Crippen molar-refractivity contribution in [3.63, 3.8) is 0 Å². The second kappa shape index (κ2) is 7.28. The molecular weight excluding hydrogens is 252 g/mol. The second-order valence-electron chi connectivity index (χ2n) is 4.41. The number of rotatable bonds is 6. The fourth-order valence-corrected chi connectivity index (χ4v) is 1.58. The van der Waals surface area contributed by atoms with Crippen LogP contribution in [0.1, 0.15) is 19.8 Å². The molecule has 2 rings (SSSR count). The van der Waals surface area contributed by atoms with Crippen molar-refractivity contribution in [3.8, 4) is 11.5 Å². The lowest BCUT2D eigenvalue weighted by atomic mass is 10.3. The van der Waals surface area contributed by atoms with Crippen molar-refractivity contribution in [1.29, 1.82) is 0 Å². The summed E-state index contributed by atoms with van der Waals surface area (Å²) in [5.41, 5.74) is 1.46. The molecule has 0 aliphatic rings. The van der Waals surface area contributed by atoms with E-state index in [1.54, 1.807) is 24.3 Å². The molecule has 0 bridgehead atoms. The fourth-order valence-electron chi connectivity index (χ4n) is 1.58. The van der Waals surface area contributed by atoms with Gasteiger partial charge in [-0.1, -0.05) is 13.3 Å². The lowest BCUT2D eigenvalue weighted by Crippen LogP contribution is -1.95. The highest BCUT2D eigenvalue weighted by Gasteiger charge is 1.95. The van der Waals surface area contributed by atoms with E-state index in [0.717, 1.165) is 30.9 Å². The summed E-state index contributed by atoms with van der Waals surface area (Å²) >= 11 is 0. The van der Waals surface area contributed by atoms with Crippen LogP contribution in [0.15, 0.2) is 58.8 Å². The van der Waals surface area contributed by atoms with Gasteiger partial charge in [-0.05, 0) is 55.0 Å². The molecule has 0 atom stereocenters. The average Bonchev–Trinajstić information content (AvgIpc) is 2.48. The van der Waals surface area contributed by atoms with Crippen LogP contribution in [0.5, 0.6) is 11.5 Å². The Kier molecular flexibility index (Phi) is 5.12. The number of aromatic hydroxyl groups is 1. The van der Waals surface area contributed by atoms with Gasteiger partial charge in [-0.15, -0.1) is 0 Å². The molecule has 0 saturated heterocycles. The van der Waals surface area contributed by atoms with Crippen molar-refractivity contribution in [2.24, 2.45) is 10.2 Å². The first kappa shape index (κ1) is 14.1. The molecular formula is C16H18N2O2. The van der Waals surface area contributed by atoms with E-state index in [9.17, 15) is 5.11 Å². The van der Waals surface area contributed by atoms with Crippen LogP contribution < -0.4 is 4.74 Å². The zero-order chi connectivity index (χ0) is 14.2. The van der Waals surface area contributed by atoms with Gasteiger partial charge in [0.1, 0.15) is 11.5 Å². The summed E-state index contributed by atoms with van der Waals surface area (Å²) in [5.74, 6) is 1.07. The van der Waals surface area contributed by atoms with Gasteiger partial charge >= 0.3 is 0 Å². The molecule has 0 radical (unpaired) electrons. The monoisotopic (exact) mass is 270 g/mol. The quantitative estimate of drug-likeness (QED) is 0.594. The third kappa shape index (κ3) is 4.39. The normalized spacial score (nSPS) is 10.8. The van der Waals surface area contributed by atoms with Gasteiger partial charge in [0.25, 0.3) is 0 Å². The molecule has 0 aliphatic heterocycles. The van der Waals surface area contributed by atoms with Gasteiger partial charge in [0.05, 0.1) is 18.0 Å². The predicted molar refractivity (Wildman–Crippen MR) is 79.1 cm³/mol. The van der Waals surface area contributed by atoms with Crippen molar-refractivity contribution in [1.82, 2.24) is 0 Å². The van der Waals surface area contributed by atoms with Crippen LogP contribution in [0.3, 0.4) is 0 Å². The largest absolute Gasteiger partial charge is 0.508 e. The van der Waals surface area contributed by atoms with E-state index < -0.39 is 0 Å². The summed E-state index contributed by atoms with van der Waals surface area (Å²) in [6, 6.07) is 14.1. The van der Waals surface area contributed by atoms with Gasteiger partial charge in [0.2, 0.25) is 0 Å². The molecule has 0 aromatic heterocycles. The van der Waals surface area contributed by atoms with Crippen molar-refractivity contribution in [2.75, 3.05) is 6.61 Å². The van der Waals surface area contributed by atoms with Crippen molar-refractivity contribution >= 4 is 11.4 Å². The van der Waals surface area contributed by atoms with E-state index in [4.69, 9.17) is 4.74 Å². The maximum absolute atomic E-state index is 9.17. The van der Waals surface area contributed by atoms with Crippen LogP contribution in [0.25, 0.3) is 0 Å². The molecule has 2 aromatic carbocycles. The minimum absolute atomic E-state index is 0.220. The number of benzene rings is 2. The van der Waals surface area contributed by atoms with E-state index in [0.29, 0.717) is 5.69 Å². The molecule has 0 unspecified atom stereocenters. The Labute approximate surface area is 118 Å². The van der Waals surface area contributed by atoms with Crippen LogP contribution in [0.2, 0.25) is 0 Å². The molecule has 0 spiro atoms. The SMILES string of the molecule is CCCCOc1ccc(/N=N/c2ccc(O)cc2)cc1. The Balaban J connectivity index is 1.94. The van der Waals surface area contributed by atoms with Crippen molar-refractivity contribution in [3.05, 3.63) is 48.5 Å². The summed E-state index contributed by atoms with van der Waals surface area (Å²) in [6.45, 7) is 2.88. The van der Waals surface area contributed by atoms with E-state index in [1.807, 2.05) is 24.3 Å². The van der Waals surface area contributed by atoms with Crippen molar-refractivity contribution in [2.45, 2.75) is 19.8 Å². The first-order valence-corrected chi connectivity index (χ1v) is 6.71. The molecule has 4 heteroatoms. The molecule has 104 valence electrons. The highest BCUT2D eigenvalue weighted by molar-refractivity contribution is 5.43. The zero-order valence-corrected chi connectivity index (χ0v) is 11.5. The Morgan fingerprint density at radius 2 is 1.45 bits per heavy atom. The number of nitrogens with zero attached hydrogens (tertiary/aromatic N) is 2. The molecule has 2 aromatic rings. The van der Waals surface area contributed by atoms with Crippen LogP contribution in [-0.2, 0) is 0 Å². The maximum Gasteiger partial charge on any atom is 0.119 e. The fraction of sp³-hybridized carbons (Fsp3) is 0.250. The smallest absolute Gasteiger partial charge is 0.119 e. The standard InChI is InChI=1S/C16H18N2O2/c1-2-3-12-20-16-10-6-14(7-11-16)18-17-13-4-8-15(19)9-5-13/h4-11,19H,2-3,12H2,1H3/b18-17+. The number of azo groups is 1. The zero-order valence-electron chi connectivity index (χ0n) is 11.5. The van der Waals surface area contributed by atoms with E-state index in [1.165, 1.54) is 0 Å². The second-order valence-corrected chi connectivity index (χ2v) is 4.41. The summed E-state index contributed by atoms with van der Waals surface area (Å²) in [6.07, 6.45) is 2.18. The van der Waals surface area contributed by atoms with E-state index in [2.05, 4.69) is 17.2 Å². The van der Waals surface area contributed by atoms with Gasteiger partial charge in [-0.2, -0.15) is 10.2 Å². The van der Waals surface area contributed by atoms with Crippen LogP contribution in [0.4, 0.5) is 11.4 Å². The maximum atomic E-state index is 9.17. The highest BCUT2D eigenvalue weighted by Crippen LogP contribution is 2.22. The number of hydrogen-bond donors (Lipinski definition) is 1. The molecule has 0 heterocycles. The van der Waals surface area contributed by atoms with Crippen molar-refractivity contribution < 1.29 is 9.84 Å². The van der Waals surface area contributed by atoms with Gasteiger partial charge in [0, 0.05) is 0 Å². The molecule has 1 N–H and O–H groups in total. The minimum atomic E-state index is 0.220. The Morgan fingerprint density at radius 3 is 2.00 bits per heavy atom. The lowest BCUT2D eigenvalue weighted by Gasteiger charge is -2.04. The number of ether oxygens (including phenoxy) is 1. The Hall–Kier alpha value is -2.36. The lowest BCUT2D eigenvalue weighted by molar-refractivity contribution is 0.309. The average molecular weight is 270 g/mol. The summed E-state index contributed by atoms with van der Waals surface area (Å²) < 4.78 is 5.58. The van der Waals surface area contributed by atoms with Crippen LogP contribution in [-0.4, -0.2) is 11.7 Å². The topological polar surface area (TPSA) is 54.2 Å². The first-order chi connectivity index (χ1) is 9.78. The number of phenols is 1. The van der Waals surface area contributed by atoms with Gasteiger partial charge in [-0.25, -0.2) is 0 Å². The minimum Gasteiger partial charge on any atom is -0.508 e. The number of hydrogen-bond acceptors (Lipinski definition) is 4. The van der Waals surface area contributed by atoms with Crippen LogP contribution >= 0.6 is 0 Å². The summed E-state index contributed by atoms with van der Waals surface area (Å²) in [7, 11) is 0. The van der Waals surface area contributed by atoms with Gasteiger partial charge in [-0.3, -0.25) is 0 Å². The Bertz CT molecular complexity index is 548. The summed E-state index contributed by atoms with van der Waals surface area (Å²) in [5, 5.41) is 17.4. The molecule has 0 aliphatic carbocycles. The number of unbranched alkanes of at least 4 members (excludes halogenated alkanes) is 1. The molecule has 0 fully saturated rings. The van der Waals surface area contributed by atoms with Crippen LogP contribution in [0, 0.1) is 0 Å². The van der Waals surface area contributed by atoms with Gasteiger partial charge < -0.3 is 9.84 Å². The highest BCUT2D eigenvalue weighted by atomic mass is 16.5. The predicted octanol–water partition coefficient (Wildman–Crippen LogP) is 4.99. The van der Waals surface area contributed by atoms with E-state index >= 15 is 0 Å². The molecule has 0 saturated carbocycles. The first-order valence-electron chi connectivity index (χ1n) is 6.71. The summed E-state index contributed by atoms with van der Waals surface area (Å²) in [4.78, 5) is 0. The third-order valence-corrected chi connectivity index (χ3v) is 2.73.